The summed E-state index contributed by atoms with van der Waals surface area (Å²) in [5, 5.41) is 24.6. The molecule has 0 aliphatic heterocycles. The molecule has 0 spiro atoms. The molecule has 0 saturated heterocycles. The molecule has 6 nitrogen and oxygen atoms in total. The average Bonchev–Trinajstić information content (AvgIpc) is 0.814. The van der Waals surface area contributed by atoms with E-state index in [1.54, 1.807) is 0 Å². The predicted molar refractivity (Wildman–Crippen MR) is 619 cm³/mol. The van der Waals surface area contributed by atoms with Gasteiger partial charge in [-0.05, 0) is 324 Å². The molecule has 0 amide bonds. The normalized spacial score (nSPS) is 11.6. The molecule has 0 radical (unpaired) electrons. The van der Waals surface area contributed by atoms with Crippen molar-refractivity contribution in [1.82, 2.24) is 0 Å². The Morgan fingerprint density at radius 1 is 0.103 bits per heavy atom. The highest BCUT2D eigenvalue weighted by molar-refractivity contribution is 6.28. The van der Waals surface area contributed by atoms with Crippen molar-refractivity contribution in [1.29, 1.82) is 0 Å². The average molecular weight is 1860 g/mol. The van der Waals surface area contributed by atoms with Gasteiger partial charge in [-0.25, -0.2) is 0 Å². The largest absolute Gasteiger partial charge is 0.456 e. The predicted octanol–water partition coefficient (Wildman–Crippen LogP) is 40.3. The van der Waals surface area contributed by atoms with Gasteiger partial charge in [0, 0.05) is 89.2 Å². The number of benzene rings is 26. The van der Waals surface area contributed by atoms with Crippen molar-refractivity contribution < 1.29 is 8.83 Å². The van der Waals surface area contributed by atoms with Gasteiger partial charge in [0.1, 0.15) is 22.3 Å². The van der Waals surface area contributed by atoms with Crippen LogP contribution in [0.5, 0.6) is 0 Å². The highest BCUT2D eigenvalue weighted by atomic mass is 16.3. The first-order valence-electron chi connectivity index (χ1n) is 50.0. The molecule has 0 aliphatic carbocycles. The Balaban J connectivity index is 0.000000145. The fraction of sp³-hybridized carbons (Fsp3) is 0. The lowest BCUT2D eigenvalue weighted by molar-refractivity contribution is 0.668. The van der Waals surface area contributed by atoms with Gasteiger partial charge in [0.15, 0.2) is 0 Å². The number of hydrogen-bond donors (Lipinski definition) is 0. The van der Waals surface area contributed by atoms with Gasteiger partial charge in [-0.1, -0.05) is 376 Å². The Kier molecular flexibility index (Phi) is 21.5. The van der Waals surface area contributed by atoms with E-state index in [1.165, 1.54) is 114 Å². The lowest BCUT2D eigenvalue weighted by Gasteiger charge is -2.28. The summed E-state index contributed by atoms with van der Waals surface area (Å²) >= 11 is 0. The molecule has 28 aromatic rings. The maximum atomic E-state index is 6.24. The van der Waals surface area contributed by atoms with Crippen LogP contribution in [0.25, 0.3) is 197 Å². The third-order valence-corrected chi connectivity index (χ3v) is 29.3. The zero-order valence-corrected chi connectivity index (χ0v) is 79.7. The third kappa shape index (κ3) is 15.5. The second-order valence-electron chi connectivity index (χ2n) is 37.6. The van der Waals surface area contributed by atoms with Crippen LogP contribution in [0.3, 0.4) is 0 Å². The zero-order valence-electron chi connectivity index (χ0n) is 79.7. The maximum absolute atomic E-state index is 6.24. The van der Waals surface area contributed by atoms with Crippen LogP contribution in [0.2, 0.25) is 0 Å². The molecule has 0 unspecified atom stereocenters. The second-order valence-corrected chi connectivity index (χ2v) is 37.6. The topological polar surface area (TPSA) is 39.2 Å². The summed E-state index contributed by atoms with van der Waals surface area (Å²) in [6, 6.07) is 202. The zero-order chi connectivity index (χ0) is 96.5. The number of rotatable bonds is 18. The van der Waals surface area contributed by atoms with Crippen molar-refractivity contribution in [3.05, 3.63) is 558 Å². The van der Waals surface area contributed by atoms with E-state index >= 15 is 0 Å². The summed E-state index contributed by atoms with van der Waals surface area (Å²) in [6.45, 7) is 0. The molecule has 6 heteroatoms. The van der Waals surface area contributed by atoms with Crippen LogP contribution in [0.4, 0.5) is 68.2 Å². The first-order chi connectivity index (χ1) is 72.4. The third-order valence-electron chi connectivity index (χ3n) is 29.3. The van der Waals surface area contributed by atoms with Crippen LogP contribution in [0, 0.1) is 0 Å². The maximum Gasteiger partial charge on any atom is 0.135 e. The van der Waals surface area contributed by atoms with Gasteiger partial charge in [0.05, 0.1) is 11.4 Å². The number of fused-ring (bicyclic) bond motifs is 20. The van der Waals surface area contributed by atoms with E-state index in [2.05, 4.69) is 553 Å². The lowest BCUT2D eigenvalue weighted by atomic mass is 9.92. The standard InChI is InChI=1S/2C70H46N2O/c1-3-15-52(16-4-1)72(53-17-5-2-6-18-53)68-43-42-57(58-19-11-12-24-64(58)68)49-31-39-56(40-32-49)71(55-37-29-48(30-38-55)51-34-44-70-67(46-51)65-25-13-14-26-69(65)73-70)54-35-27-47(28-36-54)50-33-41-63-61-22-8-7-20-59(61)60-21-9-10-23-62(60)66(63)45-50;1-3-15-52(16-4-1)71(53-17-5-2-6-18-53)54-35-27-47(28-36-54)48-29-37-55(38-30-48)72(68-43-42-57(58-19-11-12-24-64(58)68)51-34-44-70-67(46-51)65-25-13-14-26-69(65)73-70)56-39-31-49(32-40-56)50-33-41-63-61-22-8-7-20-59(61)60-21-9-10-23-62(60)66(63)45-50/h2*1-46H. The lowest BCUT2D eigenvalue weighted by Crippen LogP contribution is -2.10. The molecule has 0 fully saturated rings. The SMILES string of the molecule is c1ccc(N(c2ccccc2)c2ccc(-c3ccc(N(c4ccc(-c5ccc6c7ccccc7c7ccccc7c6c5)cc4)c4ccc(-c5ccc6oc7ccccc7c6c5)c5ccccc45)cc3)cc2)cc1.c1ccc(N(c2ccccc2)c2ccc(-c3ccc(N(c4ccc(-c5ccc6oc7ccccc7c6c5)cc4)c4ccc(-c5ccc6c7ccccc7c7ccccc7c6c5)cc4)cc3)c3ccccc23)cc1. The van der Waals surface area contributed by atoms with Crippen LogP contribution in [0.1, 0.15) is 0 Å². The second kappa shape index (κ2) is 36.7. The quantitative estimate of drug-likeness (QED) is 0.0798. The van der Waals surface area contributed by atoms with Crippen LogP contribution >= 0.6 is 0 Å². The van der Waals surface area contributed by atoms with Crippen molar-refractivity contribution in [2.75, 3.05) is 19.6 Å². The summed E-state index contributed by atoms with van der Waals surface area (Å²) in [5.74, 6) is 0. The van der Waals surface area contributed by atoms with E-state index in [0.29, 0.717) is 0 Å². The molecule has 684 valence electrons. The van der Waals surface area contributed by atoms with Gasteiger partial charge < -0.3 is 28.4 Å². The molecule has 146 heavy (non-hydrogen) atoms. The van der Waals surface area contributed by atoms with Crippen molar-refractivity contribution in [3.63, 3.8) is 0 Å². The van der Waals surface area contributed by atoms with Crippen molar-refractivity contribution in [3.8, 4) is 66.8 Å². The molecule has 0 saturated carbocycles. The fourth-order valence-corrected chi connectivity index (χ4v) is 22.3. The van der Waals surface area contributed by atoms with Gasteiger partial charge >= 0.3 is 0 Å². The Labute approximate surface area is 845 Å². The molecule has 0 N–H and O–H groups in total. The summed E-state index contributed by atoms with van der Waals surface area (Å²) in [4.78, 5) is 9.43. The summed E-state index contributed by atoms with van der Waals surface area (Å²) < 4.78 is 12.4. The smallest absolute Gasteiger partial charge is 0.135 e. The Hall–Kier alpha value is -19.4. The van der Waals surface area contributed by atoms with Crippen molar-refractivity contribution >= 4 is 198 Å². The molecular weight excluding hydrogens is 1770 g/mol. The van der Waals surface area contributed by atoms with E-state index in [9.17, 15) is 0 Å². The highest BCUT2D eigenvalue weighted by Gasteiger charge is 2.25. The molecule has 0 bridgehead atoms. The summed E-state index contributed by atoms with van der Waals surface area (Å²) in [6.07, 6.45) is 0. The minimum absolute atomic E-state index is 0.895. The minimum Gasteiger partial charge on any atom is -0.456 e. The van der Waals surface area contributed by atoms with Gasteiger partial charge in [0.2, 0.25) is 0 Å². The molecular formula is C140H92N4O2. The fourth-order valence-electron chi connectivity index (χ4n) is 22.3. The number of para-hydroxylation sites is 6. The number of hydrogen-bond acceptors (Lipinski definition) is 6. The minimum atomic E-state index is 0.895. The molecule has 0 atom stereocenters. The van der Waals surface area contributed by atoms with Crippen molar-refractivity contribution in [2.24, 2.45) is 0 Å². The molecule has 0 aliphatic rings. The Morgan fingerprint density at radius 2 is 0.301 bits per heavy atom. The highest BCUT2D eigenvalue weighted by Crippen LogP contribution is 2.50. The van der Waals surface area contributed by atoms with Crippen molar-refractivity contribution in [2.45, 2.75) is 0 Å². The Bertz CT molecular complexity index is 9690. The van der Waals surface area contributed by atoms with Gasteiger partial charge in [-0.2, -0.15) is 0 Å². The molecule has 2 heterocycles. The summed E-state index contributed by atoms with van der Waals surface area (Å²) in [5.41, 5.74) is 30.7. The van der Waals surface area contributed by atoms with Gasteiger partial charge in [-0.3, -0.25) is 0 Å². The van der Waals surface area contributed by atoms with Gasteiger partial charge in [0.25, 0.3) is 0 Å². The summed E-state index contributed by atoms with van der Waals surface area (Å²) in [7, 11) is 0. The first kappa shape index (κ1) is 85.8. The molecule has 2 aromatic heterocycles. The van der Waals surface area contributed by atoms with Crippen LogP contribution < -0.4 is 19.6 Å². The van der Waals surface area contributed by atoms with Crippen LogP contribution in [0.15, 0.2) is 567 Å². The molecule has 28 rings (SSSR count). The number of furan rings is 2. The van der Waals surface area contributed by atoms with E-state index in [1.807, 2.05) is 24.3 Å². The van der Waals surface area contributed by atoms with Gasteiger partial charge in [-0.15, -0.1) is 0 Å². The van der Waals surface area contributed by atoms with E-state index in [0.717, 1.165) is 151 Å². The Morgan fingerprint density at radius 3 is 0.630 bits per heavy atom. The number of anilines is 12. The van der Waals surface area contributed by atoms with E-state index in [-0.39, 0.29) is 0 Å². The molecule has 26 aromatic carbocycles. The number of nitrogens with zero attached hydrogens (tertiary/aromatic N) is 4. The first-order valence-corrected chi connectivity index (χ1v) is 50.0. The monoisotopic (exact) mass is 1860 g/mol. The van der Waals surface area contributed by atoms with E-state index in [4.69, 9.17) is 8.83 Å². The van der Waals surface area contributed by atoms with Crippen LogP contribution in [-0.4, -0.2) is 0 Å². The van der Waals surface area contributed by atoms with E-state index < -0.39 is 0 Å². The van der Waals surface area contributed by atoms with Crippen LogP contribution in [-0.2, 0) is 0 Å².